The van der Waals surface area contributed by atoms with Gasteiger partial charge in [-0.15, -0.1) is 0 Å². The number of hydrogen-bond donors (Lipinski definition) is 2. The summed E-state index contributed by atoms with van der Waals surface area (Å²) in [6.45, 7) is 1.87. The van der Waals surface area contributed by atoms with Crippen molar-refractivity contribution in [1.29, 1.82) is 0 Å². The average Bonchev–Trinajstić information content (AvgIpc) is 2.80. The van der Waals surface area contributed by atoms with E-state index in [2.05, 4.69) is 4.72 Å². The normalized spacial score (nSPS) is 18.4. The van der Waals surface area contributed by atoms with Gasteiger partial charge in [-0.3, -0.25) is 0 Å². The van der Waals surface area contributed by atoms with E-state index < -0.39 is 10.0 Å². The Bertz CT molecular complexity index is 524. The first-order chi connectivity index (χ1) is 7.32. The van der Waals surface area contributed by atoms with Crippen molar-refractivity contribution in [2.75, 3.05) is 5.73 Å². The van der Waals surface area contributed by atoms with Crippen LogP contribution in [0.2, 0.25) is 5.02 Å². The summed E-state index contributed by atoms with van der Waals surface area (Å²) in [6.07, 6.45) is 1.72. The van der Waals surface area contributed by atoms with E-state index in [4.69, 9.17) is 17.3 Å². The Balaban J connectivity index is 2.35. The molecule has 0 unspecified atom stereocenters. The maximum Gasteiger partial charge on any atom is 0.242 e. The van der Waals surface area contributed by atoms with Gasteiger partial charge in [-0.1, -0.05) is 11.6 Å². The highest BCUT2D eigenvalue weighted by molar-refractivity contribution is 7.89. The molecule has 1 aromatic carbocycles. The average molecular weight is 261 g/mol. The van der Waals surface area contributed by atoms with Crippen LogP contribution in [0.5, 0.6) is 0 Å². The molecule has 1 aromatic rings. The molecule has 0 spiro atoms. The molecule has 1 saturated carbocycles. The fourth-order valence-corrected chi connectivity index (χ4v) is 3.42. The smallest absolute Gasteiger partial charge is 0.242 e. The number of nitrogens with two attached hydrogens (primary N) is 1. The third kappa shape index (κ3) is 2.31. The van der Waals surface area contributed by atoms with Gasteiger partial charge in [0.05, 0.1) is 5.02 Å². The summed E-state index contributed by atoms with van der Waals surface area (Å²) < 4.78 is 26.6. The van der Waals surface area contributed by atoms with Crippen molar-refractivity contribution < 1.29 is 8.42 Å². The number of anilines is 1. The van der Waals surface area contributed by atoms with Crippen LogP contribution < -0.4 is 10.5 Å². The molecule has 1 aliphatic rings. The highest BCUT2D eigenvalue weighted by Gasteiger charge is 2.41. The van der Waals surface area contributed by atoms with Gasteiger partial charge in [-0.25, -0.2) is 13.1 Å². The molecule has 0 aromatic heterocycles. The first kappa shape index (κ1) is 11.7. The van der Waals surface area contributed by atoms with Crippen LogP contribution in [0.15, 0.2) is 23.1 Å². The quantitative estimate of drug-likeness (QED) is 0.814. The molecule has 1 fully saturated rings. The van der Waals surface area contributed by atoms with E-state index in [0.717, 1.165) is 12.8 Å². The minimum atomic E-state index is -3.54. The largest absolute Gasteiger partial charge is 0.399 e. The maximum atomic E-state index is 12.0. The number of benzene rings is 1. The van der Waals surface area contributed by atoms with E-state index in [1.54, 1.807) is 0 Å². The molecule has 6 heteroatoms. The van der Waals surface area contributed by atoms with E-state index in [1.807, 2.05) is 6.92 Å². The summed E-state index contributed by atoms with van der Waals surface area (Å²) in [6, 6.07) is 4.38. The minimum Gasteiger partial charge on any atom is -0.399 e. The van der Waals surface area contributed by atoms with Crippen molar-refractivity contribution in [2.45, 2.75) is 30.2 Å². The standard InChI is InChI=1S/C10H13ClN2O2S/c1-10(4-5-10)13-16(14,15)9-3-2-7(12)6-8(9)11/h2-3,6,13H,4-5,12H2,1H3. The van der Waals surface area contributed by atoms with Gasteiger partial charge in [0.2, 0.25) is 10.0 Å². The number of hydrogen-bond acceptors (Lipinski definition) is 3. The van der Waals surface area contributed by atoms with Crippen molar-refractivity contribution in [1.82, 2.24) is 4.72 Å². The molecule has 1 aliphatic carbocycles. The van der Waals surface area contributed by atoms with Crippen LogP contribution in [-0.4, -0.2) is 14.0 Å². The zero-order chi connectivity index (χ0) is 12.0. The zero-order valence-electron chi connectivity index (χ0n) is 8.83. The van der Waals surface area contributed by atoms with Crippen molar-refractivity contribution in [3.8, 4) is 0 Å². The van der Waals surface area contributed by atoms with Gasteiger partial charge in [-0.05, 0) is 38.0 Å². The summed E-state index contributed by atoms with van der Waals surface area (Å²) in [5, 5.41) is 0.150. The number of halogens is 1. The summed E-state index contributed by atoms with van der Waals surface area (Å²) in [4.78, 5) is 0.0801. The first-order valence-corrected chi connectivity index (χ1v) is 6.78. The van der Waals surface area contributed by atoms with Crippen LogP contribution in [0.25, 0.3) is 0 Å². The van der Waals surface area contributed by atoms with Crippen LogP contribution in [0.3, 0.4) is 0 Å². The van der Waals surface area contributed by atoms with E-state index in [-0.39, 0.29) is 15.5 Å². The Morgan fingerprint density at radius 3 is 2.56 bits per heavy atom. The van der Waals surface area contributed by atoms with Crippen LogP contribution in [-0.2, 0) is 10.0 Å². The predicted molar refractivity (Wildman–Crippen MR) is 63.8 cm³/mol. The molecule has 0 aliphatic heterocycles. The fraction of sp³-hybridized carbons (Fsp3) is 0.400. The second-order valence-corrected chi connectivity index (χ2v) is 6.41. The predicted octanol–water partition coefficient (Wildman–Crippen LogP) is 1.75. The lowest BCUT2D eigenvalue weighted by atomic mass is 10.3. The monoisotopic (exact) mass is 260 g/mol. The van der Waals surface area contributed by atoms with E-state index in [1.165, 1.54) is 18.2 Å². The molecule has 2 rings (SSSR count). The Kier molecular flexibility index (Phi) is 2.64. The van der Waals surface area contributed by atoms with E-state index in [9.17, 15) is 8.42 Å². The molecular weight excluding hydrogens is 248 g/mol. The van der Waals surface area contributed by atoms with Crippen LogP contribution >= 0.6 is 11.6 Å². The number of nitrogens with one attached hydrogen (secondary N) is 1. The second kappa shape index (κ2) is 3.61. The first-order valence-electron chi connectivity index (χ1n) is 4.91. The summed E-state index contributed by atoms with van der Waals surface area (Å²) in [5.74, 6) is 0. The highest BCUT2D eigenvalue weighted by Crippen LogP contribution is 2.36. The van der Waals surface area contributed by atoms with Crippen molar-refractivity contribution in [2.24, 2.45) is 0 Å². The Morgan fingerprint density at radius 2 is 2.06 bits per heavy atom. The molecule has 16 heavy (non-hydrogen) atoms. The van der Waals surface area contributed by atoms with E-state index >= 15 is 0 Å². The zero-order valence-corrected chi connectivity index (χ0v) is 10.4. The van der Waals surface area contributed by atoms with Crippen molar-refractivity contribution in [3.05, 3.63) is 23.2 Å². The number of sulfonamides is 1. The summed E-state index contributed by atoms with van der Waals surface area (Å²) in [5.41, 5.74) is 5.65. The number of rotatable bonds is 3. The van der Waals surface area contributed by atoms with Crippen LogP contribution in [0, 0.1) is 0 Å². The van der Waals surface area contributed by atoms with Crippen LogP contribution in [0.4, 0.5) is 5.69 Å². The van der Waals surface area contributed by atoms with Crippen molar-refractivity contribution in [3.63, 3.8) is 0 Å². The van der Waals surface area contributed by atoms with Gasteiger partial charge in [0.15, 0.2) is 0 Å². The topological polar surface area (TPSA) is 72.2 Å². The molecular formula is C10H13ClN2O2S. The summed E-state index contributed by atoms with van der Waals surface area (Å²) >= 11 is 5.86. The third-order valence-electron chi connectivity index (χ3n) is 2.63. The molecule has 0 bridgehead atoms. The van der Waals surface area contributed by atoms with Gasteiger partial charge in [0.25, 0.3) is 0 Å². The van der Waals surface area contributed by atoms with Crippen LogP contribution in [0.1, 0.15) is 19.8 Å². The molecule has 0 radical (unpaired) electrons. The number of nitrogen functional groups attached to an aromatic ring is 1. The lowest BCUT2D eigenvalue weighted by Crippen LogP contribution is -2.34. The molecule has 4 nitrogen and oxygen atoms in total. The van der Waals surface area contributed by atoms with E-state index in [0.29, 0.717) is 5.69 Å². The molecule has 0 atom stereocenters. The molecule has 0 amide bonds. The maximum absolute atomic E-state index is 12.0. The van der Waals surface area contributed by atoms with Gasteiger partial charge >= 0.3 is 0 Å². The Labute approximate surface area is 99.8 Å². The van der Waals surface area contributed by atoms with Gasteiger partial charge < -0.3 is 5.73 Å². The van der Waals surface area contributed by atoms with Gasteiger partial charge in [-0.2, -0.15) is 0 Å². The summed E-state index contributed by atoms with van der Waals surface area (Å²) in [7, 11) is -3.54. The SMILES string of the molecule is CC1(NS(=O)(=O)c2ccc(N)cc2Cl)CC1. The molecule has 3 N–H and O–H groups in total. The Morgan fingerprint density at radius 1 is 1.44 bits per heavy atom. The van der Waals surface area contributed by atoms with Gasteiger partial charge in [0, 0.05) is 11.2 Å². The molecule has 0 heterocycles. The van der Waals surface area contributed by atoms with Crippen molar-refractivity contribution >= 4 is 27.3 Å². The molecule has 0 saturated heterocycles. The lowest BCUT2D eigenvalue weighted by molar-refractivity contribution is 0.558. The lowest BCUT2D eigenvalue weighted by Gasteiger charge is -2.13. The molecule has 88 valence electrons. The third-order valence-corrected chi connectivity index (χ3v) is 4.75. The fourth-order valence-electron chi connectivity index (χ4n) is 1.40. The highest BCUT2D eigenvalue weighted by atomic mass is 35.5. The second-order valence-electron chi connectivity index (χ2n) is 4.36. The Hall–Kier alpha value is -0.780. The van der Waals surface area contributed by atoms with Gasteiger partial charge in [0.1, 0.15) is 4.90 Å². The minimum absolute atomic E-state index is 0.0801.